The van der Waals surface area contributed by atoms with Crippen LogP contribution in [0.4, 0.5) is 0 Å². The molecule has 0 amide bonds. The van der Waals surface area contributed by atoms with Crippen LogP contribution < -0.4 is 5.56 Å². The van der Waals surface area contributed by atoms with E-state index in [0.717, 1.165) is 11.1 Å². The Balaban J connectivity index is 2.45. The van der Waals surface area contributed by atoms with Crippen LogP contribution in [-0.4, -0.2) is 14.9 Å². The highest BCUT2D eigenvalue weighted by Gasteiger charge is 2.18. The van der Waals surface area contributed by atoms with E-state index >= 15 is 0 Å². The second-order valence-electron chi connectivity index (χ2n) is 4.82. The van der Waals surface area contributed by atoms with Gasteiger partial charge in [0.05, 0.1) is 5.56 Å². The topological polar surface area (TPSA) is 68.3 Å². The third kappa shape index (κ3) is 1.71. The largest absolute Gasteiger partial charge is 0.505 e. The number of furan rings is 1. The minimum atomic E-state index is -0.352. The Bertz CT molecular complexity index is 875. The van der Waals surface area contributed by atoms with Crippen molar-refractivity contribution < 1.29 is 9.52 Å². The zero-order chi connectivity index (χ0) is 14.4. The van der Waals surface area contributed by atoms with E-state index in [2.05, 4.69) is 5.10 Å². The highest BCUT2D eigenvalue weighted by Crippen LogP contribution is 2.34. The molecule has 102 valence electrons. The summed E-state index contributed by atoms with van der Waals surface area (Å²) in [5, 5.41) is 15.1. The molecule has 0 saturated heterocycles. The van der Waals surface area contributed by atoms with Crippen LogP contribution in [-0.2, 0) is 7.05 Å². The molecule has 0 atom stereocenters. The van der Waals surface area contributed by atoms with Crippen LogP contribution in [0.1, 0.15) is 11.5 Å². The molecule has 0 aliphatic heterocycles. The molecule has 20 heavy (non-hydrogen) atoms. The fourth-order valence-electron chi connectivity index (χ4n) is 2.39. The molecule has 0 spiro atoms. The first-order chi connectivity index (χ1) is 9.49. The summed E-state index contributed by atoms with van der Waals surface area (Å²) in [7, 11) is 1.56. The van der Waals surface area contributed by atoms with E-state index in [-0.39, 0.29) is 16.9 Å². The number of fused-ring (bicyclic) bond motifs is 1. The molecule has 1 aromatic carbocycles. The number of rotatable bonds is 1. The molecule has 1 N–H and O–H groups in total. The third-order valence-electron chi connectivity index (χ3n) is 3.32. The smallest absolute Gasteiger partial charge is 0.278 e. The van der Waals surface area contributed by atoms with E-state index in [4.69, 9.17) is 4.42 Å². The van der Waals surface area contributed by atoms with Gasteiger partial charge < -0.3 is 9.52 Å². The summed E-state index contributed by atoms with van der Waals surface area (Å²) in [5.41, 5.74) is 1.46. The molecular weight excluding hydrogens is 256 g/mol. The number of para-hydroxylation sites is 1. The van der Waals surface area contributed by atoms with E-state index < -0.39 is 0 Å². The molecule has 0 aliphatic carbocycles. The van der Waals surface area contributed by atoms with Crippen LogP contribution in [0.3, 0.4) is 0 Å². The number of aromatic nitrogens is 2. The maximum Gasteiger partial charge on any atom is 0.278 e. The summed E-state index contributed by atoms with van der Waals surface area (Å²) in [6.07, 6.45) is 0. The summed E-state index contributed by atoms with van der Waals surface area (Å²) in [5.74, 6) is 0.657. The summed E-state index contributed by atoms with van der Waals surface area (Å²) in [6.45, 7) is 3.51. The van der Waals surface area contributed by atoms with Gasteiger partial charge in [0.15, 0.2) is 5.75 Å². The van der Waals surface area contributed by atoms with E-state index in [1.807, 2.05) is 25.1 Å². The van der Waals surface area contributed by atoms with Crippen molar-refractivity contribution in [1.29, 1.82) is 0 Å². The fraction of sp³-hybridized carbons (Fsp3) is 0.200. The summed E-state index contributed by atoms with van der Waals surface area (Å²) < 4.78 is 6.88. The molecule has 0 aliphatic rings. The Kier molecular flexibility index (Phi) is 2.64. The molecule has 0 saturated carbocycles. The number of aryl methyl sites for hydroxylation is 3. The molecule has 5 heteroatoms. The van der Waals surface area contributed by atoms with Crippen molar-refractivity contribution in [1.82, 2.24) is 9.78 Å². The highest BCUT2D eigenvalue weighted by molar-refractivity contribution is 5.94. The van der Waals surface area contributed by atoms with Crippen molar-refractivity contribution in [3.63, 3.8) is 0 Å². The van der Waals surface area contributed by atoms with Crippen molar-refractivity contribution in [2.75, 3.05) is 0 Å². The van der Waals surface area contributed by atoms with Crippen molar-refractivity contribution in [2.45, 2.75) is 13.8 Å². The summed E-state index contributed by atoms with van der Waals surface area (Å²) in [6, 6.07) is 7.40. The van der Waals surface area contributed by atoms with Gasteiger partial charge in [0.1, 0.15) is 17.0 Å². The Morgan fingerprint density at radius 1 is 1.30 bits per heavy atom. The average Bonchev–Trinajstić information content (AvgIpc) is 2.78. The van der Waals surface area contributed by atoms with Gasteiger partial charge in [0.25, 0.3) is 5.56 Å². The van der Waals surface area contributed by atoms with Crippen LogP contribution in [0.25, 0.3) is 22.1 Å². The number of hydrogen-bond donors (Lipinski definition) is 1. The number of nitrogens with zero attached hydrogens (tertiary/aromatic N) is 2. The minimum Gasteiger partial charge on any atom is -0.505 e. The monoisotopic (exact) mass is 270 g/mol. The van der Waals surface area contributed by atoms with Gasteiger partial charge in [0, 0.05) is 18.0 Å². The van der Waals surface area contributed by atoms with E-state index in [1.165, 1.54) is 4.68 Å². The first-order valence-electron chi connectivity index (χ1n) is 6.25. The molecule has 2 aromatic heterocycles. The minimum absolute atomic E-state index is 0.102. The van der Waals surface area contributed by atoms with E-state index in [1.54, 1.807) is 20.0 Å². The fourth-order valence-corrected chi connectivity index (χ4v) is 2.39. The van der Waals surface area contributed by atoms with Gasteiger partial charge in [-0.3, -0.25) is 4.79 Å². The Labute approximate surface area is 115 Å². The van der Waals surface area contributed by atoms with Crippen molar-refractivity contribution in [3.05, 3.63) is 46.1 Å². The predicted molar refractivity (Wildman–Crippen MR) is 75.8 cm³/mol. The Hall–Kier alpha value is -2.56. The number of benzene rings is 1. The second kappa shape index (κ2) is 4.23. The molecular formula is C15H14N2O3. The second-order valence-corrected chi connectivity index (χ2v) is 4.82. The lowest BCUT2D eigenvalue weighted by atomic mass is 10.0. The van der Waals surface area contributed by atoms with Gasteiger partial charge in [-0.25, -0.2) is 4.68 Å². The summed E-state index contributed by atoms with van der Waals surface area (Å²) in [4.78, 5) is 12.3. The standard InChI is InChI=1S/C15H14N2O3/c1-8-7-10-5-4-6-11(14(10)20-8)12-13(18)9(2)16-17(3)15(12)19/h4-7,18H,1-3H3. The maximum atomic E-state index is 12.3. The molecule has 0 radical (unpaired) electrons. The maximum absolute atomic E-state index is 12.3. The van der Waals surface area contributed by atoms with E-state index in [0.29, 0.717) is 16.8 Å². The Morgan fingerprint density at radius 2 is 2.05 bits per heavy atom. The number of hydrogen-bond acceptors (Lipinski definition) is 4. The van der Waals surface area contributed by atoms with Gasteiger partial charge in [-0.1, -0.05) is 18.2 Å². The van der Waals surface area contributed by atoms with E-state index in [9.17, 15) is 9.90 Å². The summed E-state index contributed by atoms with van der Waals surface area (Å²) >= 11 is 0. The van der Waals surface area contributed by atoms with Crippen molar-refractivity contribution >= 4 is 11.0 Å². The van der Waals surface area contributed by atoms with Crippen LogP contribution in [0.5, 0.6) is 5.75 Å². The van der Waals surface area contributed by atoms with Gasteiger partial charge in [-0.15, -0.1) is 0 Å². The highest BCUT2D eigenvalue weighted by atomic mass is 16.3. The normalized spacial score (nSPS) is 11.2. The lowest BCUT2D eigenvalue weighted by Gasteiger charge is -2.08. The zero-order valence-corrected chi connectivity index (χ0v) is 11.5. The van der Waals surface area contributed by atoms with Crippen LogP contribution in [0.15, 0.2) is 33.5 Å². The molecule has 0 unspecified atom stereocenters. The molecule has 3 aromatic rings. The van der Waals surface area contributed by atoms with Crippen LogP contribution in [0.2, 0.25) is 0 Å². The Morgan fingerprint density at radius 3 is 2.80 bits per heavy atom. The first kappa shape index (κ1) is 12.5. The quantitative estimate of drug-likeness (QED) is 0.737. The average molecular weight is 270 g/mol. The molecule has 5 nitrogen and oxygen atoms in total. The van der Waals surface area contributed by atoms with Gasteiger partial charge in [0.2, 0.25) is 0 Å². The molecule has 0 fully saturated rings. The lowest BCUT2D eigenvalue weighted by molar-refractivity contribution is 0.460. The first-order valence-corrected chi connectivity index (χ1v) is 6.25. The SMILES string of the molecule is Cc1cc2cccc(-c3c(O)c(C)nn(C)c3=O)c2o1. The van der Waals surface area contributed by atoms with Crippen LogP contribution in [0, 0.1) is 13.8 Å². The van der Waals surface area contributed by atoms with Crippen molar-refractivity contribution in [2.24, 2.45) is 7.05 Å². The van der Waals surface area contributed by atoms with Gasteiger partial charge in [-0.2, -0.15) is 5.10 Å². The van der Waals surface area contributed by atoms with Crippen molar-refractivity contribution in [3.8, 4) is 16.9 Å². The third-order valence-corrected chi connectivity index (χ3v) is 3.32. The lowest BCUT2D eigenvalue weighted by Crippen LogP contribution is -2.22. The predicted octanol–water partition coefficient (Wildman–Crippen LogP) is 2.52. The molecule has 0 bridgehead atoms. The van der Waals surface area contributed by atoms with Gasteiger partial charge >= 0.3 is 0 Å². The number of aromatic hydroxyl groups is 1. The van der Waals surface area contributed by atoms with Gasteiger partial charge in [-0.05, 0) is 19.9 Å². The van der Waals surface area contributed by atoms with Crippen LogP contribution >= 0.6 is 0 Å². The zero-order valence-electron chi connectivity index (χ0n) is 11.5. The molecule has 3 rings (SSSR count). The molecule has 2 heterocycles.